The fourth-order valence-corrected chi connectivity index (χ4v) is 9.46. The summed E-state index contributed by atoms with van der Waals surface area (Å²) in [5.74, 6) is 6.68. The van der Waals surface area contributed by atoms with Gasteiger partial charge in [-0.25, -0.2) is 0 Å². The maximum absolute atomic E-state index is 4.84. The van der Waals surface area contributed by atoms with E-state index in [1.54, 1.807) is 0 Å². The van der Waals surface area contributed by atoms with Crippen LogP contribution in [0.25, 0.3) is 0 Å². The van der Waals surface area contributed by atoms with Gasteiger partial charge in [0.05, 0.1) is 0 Å². The zero-order valence-electron chi connectivity index (χ0n) is 21.9. The van der Waals surface area contributed by atoms with Crippen LogP contribution in [0.2, 0.25) is 0 Å². The lowest BCUT2D eigenvalue weighted by Crippen LogP contribution is -2.53. The van der Waals surface area contributed by atoms with Crippen LogP contribution in [-0.4, -0.2) is 24.8 Å². The fraction of sp³-hybridized carbons (Fsp3) is 0.966. The second-order valence-corrected chi connectivity index (χ2v) is 13.4. The van der Waals surface area contributed by atoms with Crippen LogP contribution < -0.4 is 0 Å². The molecule has 0 N–H and O–H groups in total. The highest BCUT2D eigenvalue weighted by Gasteiger charge is 2.60. The Morgan fingerprint density at radius 1 is 0.903 bits per heavy atom. The van der Waals surface area contributed by atoms with Gasteiger partial charge in [-0.3, -0.25) is 0 Å². The third kappa shape index (κ3) is 4.35. The standard InChI is InChI=1S/C29H52N2/c1-20(2)9-8-10-21(3)25-13-14-26-24-12-11-22-19-23(30-31(6)7)15-17-28(22,4)27(24)16-18-29(25,26)5/h20-22,24-27H,8-19H2,1-7H3/b30-23+/t21-,22+,24+,25-,26+,27+,28+,29-/m1/s1. The summed E-state index contributed by atoms with van der Waals surface area (Å²) in [6, 6.07) is 0. The van der Waals surface area contributed by atoms with E-state index in [0.29, 0.717) is 10.8 Å². The summed E-state index contributed by atoms with van der Waals surface area (Å²) in [5.41, 5.74) is 2.69. The Hall–Kier alpha value is -0.530. The van der Waals surface area contributed by atoms with E-state index in [-0.39, 0.29) is 0 Å². The van der Waals surface area contributed by atoms with Crippen molar-refractivity contribution in [2.45, 2.75) is 112 Å². The molecule has 178 valence electrons. The van der Waals surface area contributed by atoms with Gasteiger partial charge in [0.15, 0.2) is 0 Å². The highest BCUT2D eigenvalue weighted by molar-refractivity contribution is 5.85. The maximum atomic E-state index is 4.84. The molecule has 0 amide bonds. The molecule has 4 aliphatic carbocycles. The molecule has 0 aliphatic heterocycles. The second kappa shape index (κ2) is 9.02. The van der Waals surface area contributed by atoms with E-state index >= 15 is 0 Å². The molecular formula is C29H52N2. The summed E-state index contributed by atoms with van der Waals surface area (Å²) in [6.45, 7) is 12.8. The number of nitrogens with zero attached hydrogens (tertiary/aromatic N) is 2. The molecule has 0 saturated heterocycles. The van der Waals surface area contributed by atoms with Gasteiger partial charge in [0.25, 0.3) is 0 Å². The lowest BCUT2D eigenvalue weighted by molar-refractivity contribution is -0.105. The number of fused-ring (bicyclic) bond motifs is 5. The van der Waals surface area contributed by atoms with Gasteiger partial charge in [0.1, 0.15) is 0 Å². The largest absolute Gasteiger partial charge is 0.303 e. The molecule has 0 aromatic carbocycles. The molecule has 0 bridgehead atoms. The molecule has 4 saturated carbocycles. The van der Waals surface area contributed by atoms with Gasteiger partial charge in [0.2, 0.25) is 0 Å². The van der Waals surface area contributed by atoms with Crippen LogP contribution in [0.1, 0.15) is 112 Å². The van der Waals surface area contributed by atoms with Gasteiger partial charge < -0.3 is 5.01 Å². The monoisotopic (exact) mass is 428 g/mol. The summed E-state index contributed by atoms with van der Waals surface area (Å²) >= 11 is 0. The molecule has 8 atom stereocenters. The van der Waals surface area contributed by atoms with Crippen molar-refractivity contribution in [2.75, 3.05) is 14.1 Å². The molecule has 0 spiro atoms. The van der Waals surface area contributed by atoms with Crippen LogP contribution >= 0.6 is 0 Å². The summed E-state index contributed by atoms with van der Waals surface area (Å²) in [7, 11) is 4.17. The molecule has 2 heteroatoms. The lowest BCUT2D eigenvalue weighted by Gasteiger charge is -2.61. The van der Waals surface area contributed by atoms with Crippen molar-refractivity contribution in [1.82, 2.24) is 5.01 Å². The molecule has 0 unspecified atom stereocenters. The van der Waals surface area contributed by atoms with Gasteiger partial charge in [-0.1, -0.05) is 53.9 Å². The summed E-state index contributed by atoms with van der Waals surface area (Å²) in [6.07, 6.45) is 17.3. The molecule has 4 rings (SSSR count). The van der Waals surface area contributed by atoms with E-state index in [9.17, 15) is 0 Å². The van der Waals surface area contributed by atoms with Crippen molar-refractivity contribution in [1.29, 1.82) is 0 Å². The molecule has 0 aromatic rings. The molecule has 4 fully saturated rings. The van der Waals surface area contributed by atoms with Gasteiger partial charge in [-0.15, -0.1) is 0 Å². The second-order valence-electron chi connectivity index (χ2n) is 13.4. The number of hydrazone groups is 1. The first-order chi connectivity index (χ1) is 14.6. The average Bonchev–Trinajstić information content (AvgIpc) is 3.05. The Kier molecular flexibility index (Phi) is 6.87. The number of hydrogen-bond acceptors (Lipinski definition) is 2. The van der Waals surface area contributed by atoms with E-state index in [1.165, 1.54) is 82.8 Å². The summed E-state index contributed by atoms with van der Waals surface area (Å²) < 4.78 is 0. The SMILES string of the molecule is CC(C)CCC[C@@H](C)[C@H]1CC[C@H]2[C@@H]3CC[C@H]4C/C(=N/N(C)C)CC[C@]4(C)[C@H]3CC[C@]12C. The molecule has 4 aliphatic rings. The van der Waals surface area contributed by atoms with Crippen molar-refractivity contribution >= 4 is 5.71 Å². The highest BCUT2D eigenvalue weighted by atomic mass is 15.4. The first-order valence-electron chi connectivity index (χ1n) is 13.9. The van der Waals surface area contributed by atoms with Gasteiger partial charge in [-0.2, -0.15) is 5.10 Å². The predicted octanol–water partition coefficient (Wildman–Crippen LogP) is 8.03. The van der Waals surface area contributed by atoms with Crippen LogP contribution in [0, 0.1) is 52.3 Å². The molecule has 0 heterocycles. The number of hydrogen-bond donors (Lipinski definition) is 0. The first-order valence-corrected chi connectivity index (χ1v) is 13.9. The van der Waals surface area contributed by atoms with Crippen LogP contribution in [0.5, 0.6) is 0 Å². The topological polar surface area (TPSA) is 15.6 Å². The Morgan fingerprint density at radius 2 is 1.65 bits per heavy atom. The van der Waals surface area contributed by atoms with E-state index in [0.717, 1.165) is 41.4 Å². The number of rotatable bonds is 6. The average molecular weight is 429 g/mol. The van der Waals surface area contributed by atoms with E-state index < -0.39 is 0 Å². The smallest absolute Gasteiger partial charge is 0.0383 e. The van der Waals surface area contributed by atoms with Gasteiger partial charge >= 0.3 is 0 Å². The molecular weight excluding hydrogens is 376 g/mol. The third-order valence-electron chi connectivity index (χ3n) is 11.0. The van der Waals surface area contributed by atoms with Crippen molar-refractivity contribution in [3.8, 4) is 0 Å². The van der Waals surface area contributed by atoms with Crippen molar-refractivity contribution in [2.24, 2.45) is 57.4 Å². The van der Waals surface area contributed by atoms with E-state index in [1.807, 2.05) is 5.01 Å². The molecule has 0 aromatic heterocycles. The first kappa shape index (κ1) is 23.6. The van der Waals surface area contributed by atoms with Crippen LogP contribution in [0.15, 0.2) is 5.10 Å². The Bertz CT molecular complexity index is 651. The molecule has 31 heavy (non-hydrogen) atoms. The van der Waals surface area contributed by atoms with Crippen molar-refractivity contribution in [3.63, 3.8) is 0 Å². The predicted molar refractivity (Wildman–Crippen MR) is 134 cm³/mol. The summed E-state index contributed by atoms with van der Waals surface area (Å²) in [5, 5.41) is 6.87. The Morgan fingerprint density at radius 3 is 2.35 bits per heavy atom. The van der Waals surface area contributed by atoms with E-state index in [4.69, 9.17) is 5.10 Å². The van der Waals surface area contributed by atoms with Gasteiger partial charge in [-0.05, 0) is 110 Å². The zero-order chi connectivity index (χ0) is 22.4. The molecule has 0 radical (unpaired) electrons. The third-order valence-corrected chi connectivity index (χ3v) is 11.0. The minimum Gasteiger partial charge on any atom is -0.303 e. The highest BCUT2D eigenvalue weighted by Crippen LogP contribution is 2.68. The Balaban J connectivity index is 1.45. The molecule has 2 nitrogen and oxygen atoms in total. The minimum absolute atomic E-state index is 0.580. The van der Waals surface area contributed by atoms with Crippen molar-refractivity contribution in [3.05, 3.63) is 0 Å². The Labute approximate surface area is 194 Å². The quantitative estimate of drug-likeness (QED) is 0.391. The van der Waals surface area contributed by atoms with Crippen LogP contribution in [0.4, 0.5) is 0 Å². The zero-order valence-corrected chi connectivity index (χ0v) is 21.9. The van der Waals surface area contributed by atoms with E-state index in [2.05, 4.69) is 48.7 Å². The normalized spacial score (nSPS) is 44.6. The van der Waals surface area contributed by atoms with Crippen molar-refractivity contribution < 1.29 is 0 Å². The van der Waals surface area contributed by atoms with Gasteiger partial charge in [0, 0.05) is 19.8 Å². The minimum atomic E-state index is 0.580. The van der Waals surface area contributed by atoms with Crippen LogP contribution in [-0.2, 0) is 0 Å². The van der Waals surface area contributed by atoms with Crippen LogP contribution in [0.3, 0.4) is 0 Å². The lowest BCUT2D eigenvalue weighted by atomic mass is 9.44. The fourth-order valence-electron chi connectivity index (χ4n) is 9.46. The summed E-state index contributed by atoms with van der Waals surface area (Å²) in [4.78, 5) is 0. The maximum Gasteiger partial charge on any atom is 0.0383 e.